The largest absolute Gasteiger partial charge is 0.379 e. The van der Waals surface area contributed by atoms with E-state index in [1.807, 2.05) is 20.8 Å². The van der Waals surface area contributed by atoms with Crippen LogP contribution >= 0.6 is 0 Å². The van der Waals surface area contributed by atoms with E-state index in [2.05, 4.69) is 4.90 Å². The van der Waals surface area contributed by atoms with Gasteiger partial charge in [-0.15, -0.1) is 0 Å². The average molecular weight is 203 g/mol. The molecular formula is C11H22FNO. The summed E-state index contributed by atoms with van der Waals surface area (Å²) < 4.78 is 18.6. The molecule has 1 aliphatic rings. The van der Waals surface area contributed by atoms with E-state index in [1.54, 1.807) is 0 Å². The van der Waals surface area contributed by atoms with Gasteiger partial charge in [0.1, 0.15) is 6.17 Å². The fourth-order valence-electron chi connectivity index (χ4n) is 1.81. The van der Waals surface area contributed by atoms with Crippen LogP contribution in [0.25, 0.3) is 0 Å². The number of nitrogens with zero attached hydrogens (tertiary/aromatic N) is 1. The Balaban J connectivity index is 2.03. The molecule has 2 nitrogen and oxygen atoms in total. The van der Waals surface area contributed by atoms with Gasteiger partial charge in [0, 0.05) is 32.2 Å². The van der Waals surface area contributed by atoms with E-state index in [0.717, 1.165) is 26.1 Å². The highest BCUT2D eigenvalue weighted by Gasteiger charge is 2.28. The molecule has 1 rings (SSSR count). The van der Waals surface area contributed by atoms with Crippen molar-refractivity contribution in [3.63, 3.8) is 0 Å². The summed E-state index contributed by atoms with van der Waals surface area (Å²) in [5, 5.41) is 0. The van der Waals surface area contributed by atoms with Crippen molar-refractivity contribution in [3.8, 4) is 0 Å². The van der Waals surface area contributed by atoms with E-state index >= 15 is 0 Å². The summed E-state index contributed by atoms with van der Waals surface area (Å²) in [6.07, 6.45) is 0.694. The van der Waals surface area contributed by atoms with Crippen LogP contribution in [-0.4, -0.2) is 43.4 Å². The molecule has 0 N–H and O–H groups in total. The lowest BCUT2D eigenvalue weighted by Crippen LogP contribution is -2.23. The molecule has 2 atom stereocenters. The van der Waals surface area contributed by atoms with E-state index in [9.17, 15) is 4.39 Å². The summed E-state index contributed by atoms with van der Waals surface area (Å²) >= 11 is 0. The highest BCUT2D eigenvalue weighted by molar-refractivity contribution is 4.80. The van der Waals surface area contributed by atoms with Crippen LogP contribution < -0.4 is 0 Å². The minimum atomic E-state index is -0.624. The molecule has 0 aromatic heterocycles. The Hall–Kier alpha value is -0.150. The van der Waals surface area contributed by atoms with E-state index in [-0.39, 0.29) is 5.92 Å². The van der Waals surface area contributed by atoms with E-state index < -0.39 is 6.17 Å². The highest BCUT2D eigenvalue weighted by Crippen LogP contribution is 2.18. The minimum Gasteiger partial charge on any atom is -0.379 e. The molecule has 1 saturated heterocycles. The van der Waals surface area contributed by atoms with E-state index in [0.29, 0.717) is 12.6 Å². The number of halogens is 1. The van der Waals surface area contributed by atoms with Crippen LogP contribution in [0.3, 0.4) is 0 Å². The number of likely N-dealkylation sites (tertiary alicyclic amines) is 1. The van der Waals surface area contributed by atoms with Gasteiger partial charge in [-0.2, -0.15) is 0 Å². The van der Waals surface area contributed by atoms with Crippen molar-refractivity contribution in [1.82, 2.24) is 4.90 Å². The predicted octanol–water partition coefficient (Wildman–Crippen LogP) is 2.09. The molecule has 84 valence electrons. The zero-order chi connectivity index (χ0) is 10.6. The van der Waals surface area contributed by atoms with Crippen LogP contribution in [0, 0.1) is 5.92 Å². The van der Waals surface area contributed by atoms with Gasteiger partial charge >= 0.3 is 0 Å². The molecule has 1 heterocycles. The number of alkyl halides is 1. The van der Waals surface area contributed by atoms with Crippen LogP contribution in [0.15, 0.2) is 0 Å². The van der Waals surface area contributed by atoms with Crippen molar-refractivity contribution in [3.05, 3.63) is 0 Å². The molecule has 0 spiro atoms. The van der Waals surface area contributed by atoms with E-state index in [4.69, 9.17) is 4.74 Å². The molecule has 0 aromatic rings. The summed E-state index contributed by atoms with van der Waals surface area (Å²) in [6, 6.07) is 0. The molecule has 0 aromatic carbocycles. The molecule has 0 bridgehead atoms. The van der Waals surface area contributed by atoms with Gasteiger partial charge in [-0.05, 0) is 20.3 Å². The van der Waals surface area contributed by atoms with Crippen LogP contribution in [0.1, 0.15) is 27.2 Å². The van der Waals surface area contributed by atoms with E-state index in [1.165, 1.54) is 0 Å². The SMILES string of the molecule is CC(C)OCCCN1CC(C)C(F)C1. The van der Waals surface area contributed by atoms with Crippen LogP contribution in [-0.2, 0) is 4.74 Å². The Labute approximate surface area is 86.4 Å². The molecule has 14 heavy (non-hydrogen) atoms. The average Bonchev–Trinajstić information content (AvgIpc) is 2.40. The Kier molecular flexibility index (Phi) is 4.82. The third-order valence-corrected chi connectivity index (χ3v) is 2.67. The van der Waals surface area contributed by atoms with Gasteiger partial charge in [-0.25, -0.2) is 4.39 Å². The molecule has 0 saturated carbocycles. The Morgan fingerprint density at radius 2 is 2.14 bits per heavy atom. The smallest absolute Gasteiger partial charge is 0.116 e. The quantitative estimate of drug-likeness (QED) is 0.634. The van der Waals surface area contributed by atoms with Crippen molar-refractivity contribution >= 4 is 0 Å². The number of ether oxygens (including phenoxy) is 1. The summed E-state index contributed by atoms with van der Waals surface area (Å²) in [4.78, 5) is 2.19. The Morgan fingerprint density at radius 1 is 1.43 bits per heavy atom. The predicted molar refractivity (Wildman–Crippen MR) is 56.2 cm³/mol. The summed E-state index contributed by atoms with van der Waals surface area (Å²) in [7, 11) is 0. The standard InChI is InChI=1S/C11H22FNO/c1-9(2)14-6-4-5-13-7-10(3)11(12)8-13/h9-11H,4-8H2,1-3H3. The van der Waals surface area contributed by atoms with Crippen LogP contribution in [0.4, 0.5) is 4.39 Å². The lowest BCUT2D eigenvalue weighted by molar-refractivity contribution is 0.0716. The first kappa shape index (κ1) is 11.9. The highest BCUT2D eigenvalue weighted by atomic mass is 19.1. The molecule has 1 fully saturated rings. The van der Waals surface area contributed by atoms with Gasteiger partial charge in [0.25, 0.3) is 0 Å². The summed E-state index contributed by atoms with van der Waals surface area (Å²) in [5.74, 6) is 0.209. The van der Waals surface area contributed by atoms with Crippen LogP contribution in [0.5, 0.6) is 0 Å². The molecule has 0 amide bonds. The molecule has 1 aliphatic heterocycles. The molecule has 2 unspecified atom stereocenters. The second kappa shape index (κ2) is 5.66. The lowest BCUT2D eigenvalue weighted by Gasteiger charge is -2.15. The van der Waals surface area contributed by atoms with Crippen molar-refractivity contribution in [2.24, 2.45) is 5.92 Å². The molecule has 3 heteroatoms. The summed E-state index contributed by atoms with van der Waals surface area (Å²) in [6.45, 7) is 9.34. The third kappa shape index (κ3) is 3.93. The monoisotopic (exact) mass is 203 g/mol. The topological polar surface area (TPSA) is 12.5 Å². The molecule has 0 radical (unpaired) electrons. The van der Waals surface area contributed by atoms with Gasteiger partial charge in [-0.1, -0.05) is 6.92 Å². The van der Waals surface area contributed by atoms with Crippen molar-refractivity contribution < 1.29 is 9.13 Å². The van der Waals surface area contributed by atoms with Crippen LogP contribution in [0.2, 0.25) is 0 Å². The minimum absolute atomic E-state index is 0.209. The molecule has 0 aliphatic carbocycles. The number of hydrogen-bond donors (Lipinski definition) is 0. The Morgan fingerprint density at radius 3 is 2.64 bits per heavy atom. The van der Waals surface area contributed by atoms with Gasteiger partial charge in [0.05, 0.1) is 6.10 Å². The first-order chi connectivity index (χ1) is 6.59. The van der Waals surface area contributed by atoms with Gasteiger partial charge in [0.15, 0.2) is 0 Å². The van der Waals surface area contributed by atoms with Gasteiger partial charge in [-0.3, -0.25) is 4.90 Å². The first-order valence-corrected chi connectivity index (χ1v) is 5.57. The maximum Gasteiger partial charge on any atom is 0.116 e. The lowest BCUT2D eigenvalue weighted by atomic mass is 10.1. The Bertz CT molecular complexity index is 153. The second-order valence-electron chi connectivity index (χ2n) is 4.53. The van der Waals surface area contributed by atoms with Crippen molar-refractivity contribution in [1.29, 1.82) is 0 Å². The maximum atomic E-state index is 13.1. The zero-order valence-corrected chi connectivity index (χ0v) is 9.50. The zero-order valence-electron chi connectivity index (χ0n) is 9.50. The normalized spacial score (nSPS) is 28.9. The maximum absolute atomic E-state index is 13.1. The fraction of sp³-hybridized carbons (Fsp3) is 1.00. The number of hydrogen-bond acceptors (Lipinski definition) is 2. The second-order valence-corrected chi connectivity index (χ2v) is 4.53. The number of rotatable bonds is 5. The van der Waals surface area contributed by atoms with Gasteiger partial charge < -0.3 is 4.74 Å². The van der Waals surface area contributed by atoms with Crippen molar-refractivity contribution in [2.75, 3.05) is 26.2 Å². The molecular weight excluding hydrogens is 181 g/mol. The van der Waals surface area contributed by atoms with Gasteiger partial charge in [0.2, 0.25) is 0 Å². The van der Waals surface area contributed by atoms with Crippen molar-refractivity contribution in [2.45, 2.75) is 39.5 Å². The first-order valence-electron chi connectivity index (χ1n) is 5.57. The summed E-state index contributed by atoms with van der Waals surface area (Å²) in [5.41, 5.74) is 0. The third-order valence-electron chi connectivity index (χ3n) is 2.67. The fourth-order valence-corrected chi connectivity index (χ4v) is 1.81.